The van der Waals surface area contributed by atoms with E-state index in [-0.39, 0.29) is 0 Å². The minimum absolute atomic E-state index is 0.317. The zero-order valence-electron chi connectivity index (χ0n) is 15.6. The molecule has 2 saturated heterocycles. The third-order valence-corrected chi connectivity index (χ3v) is 5.05. The Labute approximate surface area is 154 Å². The Bertz CT molecular complexity index is 639. The van der Waals surface area contributed by atoms with Crippen molar-refractivity contribution in [2.45, 2.75) is 26.3 Å². The third-order valence-electron chi connectivity index (χ3n) is 5.05. The van der Waals surface area contributed by atoms with Gasteiger partial charge in [-0.15, -0.1) is 0 Å². The van der Waals surface area contributed by atoms with Crippen LogP contribution in [0.2, 0.25) is 0 Å². The van der Waals surface area contributed by atoms with Gasteiger partial charge in [-0.05, 0) is 37.5 Å². The first-order valence-corrected chi connectivity index (χ1v) is 9.19. The molecule has 1 atom stereocenters. The summed E-state index contributed by atoms with van der Waals surface area (Å²) in [5.74, 6) is 0.966. The van der Waals surface area contributed by atoms with Gasteiger partial charge in [-0.2, -0.15) is 0 Å². The largest absolute Gasteiger partial charge is 0.453 e. The summed E-state index contributed by atoms with van der Waals surface area (Å²) >= 11 is 0. The maximum Gasteiger partial charge on any atom is 0.411 e. The molecule has 1 aromatic carbocycles. The van der Waals surface area contributed by atoms with Gasteiger partial charge < -0.3 is 19.7 Å². The van der Waals surface area contributed by atoms with Crippen molar-refractivity contribution in [1.29, 1.82) is 0 Å². The van der Waals surface area contributed by atoms with Crippen molar-refractivity contribution in [1.82, 2.24) is 10.2 Å². The molecule has 142 valence electrons. The standard InChI is InChI=1S/C19H28N4O3/c1-3-20-17(23-10-8-19(13-23)9-11-26-14-19)21-12-15-4-6-16(7-5-15)22-18(24)25-2/h4-7H,3,8-14H2,1-2H3,(H,20,21)(H,22,24). The van der Waals surface area contributed by atoms with E-state index in [4.69, 9.17) is 9.73 Å². The summed E-state index contributed by atoms with van der Waals surface area (Å²) < 4.78 is 10.2. The van der Waals surface area contributed by atoms with Crippen molar-refractivity contribution in [3.63, 3.8) is 0 Å². The molecule has 0 saturated carbocycles. The molecule has 7 nitrogen and oxygen atoms in total. The van der Waals surface area contributed by atoms with E-state index in [1.807, 2.05) is 24.3 Å². The predicted octanol–water partition coefficient (Wildman–Crippen LogP) is 2.44. The van der Waals surface area contributed by atoms with Gasteiger partial charge in [-0.1, -0.05) is 12.1 Å². The highest BCUT2D eigenvalue weighted by Crippen LogP contribution is 2.38. The van der Waals surface area contributed by atoms with Gasteiger partial charge in [0.25, 0.3) is 0 Å². The lowest BCUT2D eigenvalue weighted by Crippen LogP contribution is -2.41. The first-order valence-electron chi connectivity index (χ1n) is 9.19. The molecule has 2 fully saturated rings. The van der Waals surface area contributed by atoms with Crippen molar-refractivity contribution >= 4 is 17.7 Å². The van der Waals surface area contributed by atoms with E-state index in [2.05, 4.69) is 27.2 Å². The fraction of sp³-hybridized carbons (Fsp3) is 0.579. The number of hydrogen-bond donors (Lipinski definition) is 2. The molecule has 7 heteroatoms. The molecule has 1 spiro atoms. The molecule has 3 rings (SSSR count). The van der Waals surface area contributed by atoms with Gasteiger partial charge >= 0.3 is 6.09 Å². The molecule has 0 aliphatic carbocycles. The second kappa shape index (κ2) is 8.40. The summed E-state index contributed by atoms with van der Waals surface area (Å²) in [4.78, 5) is 18.4. The van der Waals surface area contributed by atoms with Gasteiger partial charge in [0.15, 0.2) is 5.96 Å². The molecule has 0 bridgehead atoms. The van der Waals surface area contributed by atoms with Crippen molar-refractivity contribution in [3.05, 3.63) is 29.8 Å². The molecule has 0 aromatic heterocycles. The highest BCUT2D eigenvalue weighted by atomic mass is 16.5. The van der Waals surface area contributed by atoms with Crippen LogP contribution in [0, 0.1) is 5.41 Å². The highest BCUT2D eigenvalue weighted by Gasteiger charge is 2.42. The van der Waals surface area contributed by atoms with Gasteiger partial charge in [-0.3, -0.25) is 5.32 Å². The van der Waals surface area contributed by atoms with Gasteiger partial charge in [0.05, 0.1) is 20.3 Å². The Morgan fingerprint density at radius 2 is 2.15 bits per heavy atom. The smallest absolute Gasteiger partial charge is 0.411 e. The number of methoxy groups -OCH3 is 1. The zero-order chi connectivity index (χ0) is 18.4. The molecule has 1 amide bonds. The second-order valence-electron chi connectivity index (χ2n) is 6.96. The van der Waals surface area contributed by atoms with Crippen molar-refractivity contribution in [2.24, 2.45) is 10.4 Å². The lowest BCUT2D eigenvalue weighted by atomic mass is 9.87. The SMILES string of the molecule is CCNC(=NCc1ccc(NC(=O)OC)cc1)N1CCC2(CCOC2)C1. The first-order chi connectivity index (χ1) is 12.6. The monoisotopic (exact) mass is 360 g/mol. The van der Waals surface area contributed by atoms with Crippen LogP contribution in [0.25, 0.3) is 0 Å². The van der Waals surface area contributed by atoms with Crippen LogP contribution in [0.1, 0.15) is 25.3 Å². The molecule has 2 aliphatic heterocycles. The summed E-state index contributed by atoms with van der Waals surface area (Å²) in [6.07, 6.45) is 1.85. The summed E-state index contributed by atoms with van der Waals surface area (Å²) in [6.45, 7) is 7.33. The zero-order valence-corrected chi connectivity index (χ0v) is 15.6. The maximum absolute atomic E-state index is 11.2. The van der Waals surface area contributed by atoms with Crippen molar-refractivity contribution in [2.75, 3.05) is 45.3 Å². The Kier molecular flexibility index (Phi) is 5.98. The van der Waals surface area contributed by atoms with Gasteiger partial charge in [0.2, 0.25) is 0 Å². The summed E-state index contributed by atoms with van der Waals surface area (Å²) in [5, 5.41) is 6.05. The minimum Gasteiger partial charge on any atom is -0.453 e. The van der Waals surface area contributed by atoms with E-state index >= 15 is 0 Å². The van der Waals surface area contributed by atoms with Crippen LogP contribution in [0.4, 0.5) is 10.5 Å². The highest BCUT2D eigenvalue weighted by molar-refractivity contribution is 5.84. The topological polar surface area (TPSA) is 75.2 Å². The quantitative estimate of drug-likeness (QED) is 0.637. The normalized spacial score (nSPS) is 22.7. The number of benzene rings is 1. The number of carbonyl (C=O) groups excluding carboxylic acids is 1. The van der Waals surface area contributed by atoms with E-state index < -0.39 is 6.09 Å². The number of anilines is 1. The Hall–Kier alpha value is -2.28. The summed E-state index contributed by atoms with van der Waals surface area (Å²) in [7, 11) is 1.35. The fourth-order valence-electron chi connectivity index (χ4n) is 3.54. The lowest BCUT2D eigenvalue weighted by molar-refractivity contribution is 0.156. The van der Waals surface area contributed by atoms with E-state index in [9.17, 15) is 4.79 Å². The lowest BCUT2D eigenvalue weighted by Gasteiger charge is -2.25. The number of carbonyl (C=O) groups is 1. The number of nitrogens with one attached hydrogen (secondary N) is 2. The predicted molar refractivity (Wildman–Crippen MR) is 101 cm³/mol. The molecular weight excluding hydrogens is 332 g/mol. The van der Waals surface area contributed by atoms with Crippen LogP contribution in [-0.4, -0.2) is 56.9 Å². The first kappa shape index (κ1) is 18.5. The third kappa shape index (κ3) is 4.46. The van der Waals surface area contributed by atoms with Crippen LogP contribution < -0.4 is 10.6 Å². The van der Waals surface area contributed by atoms with Crippen LogP contribution in [0.5, 0.6) is 0 Å². The van der Waals surface area contributed by atoms with Gasteiger partial charge in [-0.25, -0.2) is 9.79 Å². The number of aliphatic imine (C=N–C) groups is 1. The van der Waals surface area contributed by atoms with Crippen molar-refractivity contribution in [3.8, 4) is 0 Å². The molecule has 2 heterocycles. The van der Waals surface area contributed by atoms with E-state index in [1.165, 1.54) is 13.5 Å². The Morgan fingerprint density at radius 3 is 2.81 bits per heavy atom. The average molecular weight is 360 g/mol. The number of ether oxygens (including phenoxy) is 2. The van der Waals surface area contributed by atoms with E-state index in [0.717, 1.165) is 50.8 Å². The van der Waals surface area contributed by atoms with Gasteiger partial charge in [0, 0.05) is 37.3 Å². The molecule has 2 aliphatic rings. The Morgan fingerprint density at radius 1 is 1.35 bits per heavy atom. The number of hydrogen-bond acceptors (Lipinski definition) is 4. The van der Waals surface area contributed by atoms with Crippen molar-refractivity contribution < 1.29 is 14.3 Å². The van der Waals surface area contributed by atoms with Crippen LogP contribution in [0.3, 0.4) is 0 Å². The Balaban J connectivity index is 1.61. The number of guanidine groups is 1. The second-order valence-corrected chi connectivity index (χ2v) is 6.96. The number of nitrogens with zero attached hydrogens (tertiary/aromatic N) is 2. The molecule has 0 radical (unpaired) electrons. The van der Waals surface area contributed by atoms with Gasteiger partial charge in [0.1, 0.15) is 0 Å². The van der Waals surface area contributed by atoms with E-state index in [1.54, 1.807) is 0 Å². The maximum atomic E-state index is 11.2. The number of amides is 1. The molecule has 1 unspecified atom stereocenters. The molecule has 1 aromatic rings. The average Bonchev–Trinajstić information content (AvgIpc) is 3.30. The van der Waals surface area contributed by atoms with Crippen LogP contribution in [0.15, 0.2) is 29.3 Å². The van der Waals surface area contributed by atoms with Crippen LogP contribution >= 0.6 is 0 Å². The minimum atomic E-state index is -0.468. The number of likely N-dealkylation sites (tertiary alicyclic amines) is 1. The molecular formula is C19H28N4O3. The summed E-state index contributed by atoms with van der Waals surface area (Å²) in [5.41, 5.74) is 2.12. The summed E-state index contributed by atoms with van der Waals surface area (Å²) in [6, 6.07) is 7.65. The number of rotatable bonds is 4. The molecule has 2 N–H and O–H groups in total. The fourth-order valence-corrected chi connectivity index (χ4v) is 3.54. The molecule has 26 heavy (non-hydrogen) atoms. The van der Waals surface area contributed by atoms with Crippen LogP contribution in [-0.2, 0) is 16.0 Å². The van der Waals surface area contributed by atoms with E-state index in [0.29, 0.717) is 17.6 Å².